The van der Waals surface area contributed by atoms with Crippen LogP contribution in [0.1, 0.15) is 21.7 Å². The first-order valence-electron chi connectivity index (χ1n) is 6.68. The minimum atomic E-state index is -0.359. The van der Waals surface area contributed by atoms with Gasteiger partial charge < -0.3 is 9.72 Å². The molecule has 0 bridgehead atoms. The van der Waals surface area contributed by atoms with Gasteiger partial charge in [0.2, 0.25) is 0 Å². The maximum absolute atomic E-state index is 12.5. The first-order chi connectivity index (χ1) is 10.5. The van der Waals surface area contributed by atoms with Crippen molar-refractivity contribution in [2.24, 2.45) is 0 Å². The summed E-state index contributed by atoms with van der Waals surface area (Å²) in [6.45, 7) is 3.91. The van der Waals surface area contributed by atoms with Crippen LogP contribution in [0.15, 0.2) is 36.5 Å². The van der Waals surface area contributed by atoms with Crippen molar-refractivity contribution in [1.29, 1.82) is 0 Å². The molecule has 1 amide bonds. The van der Waals surface area contributed by atoms with E-state index >= 15 is 0 Å². The van der Waals surface area contributed by atoms with Gasteiger partial charge in [-0.15, -0.1) is 12.4 Å². The number of benzene rings is 1. The number of halogens is 3. The number of hydrogen-bond acceptors (Lipinski definition) is 2. The third-order valence-corrected chi connectivity index (χ3v) is 4.19. The predicted octanol–water partition coefficient (Wildman–Crippen LogP) is 4.93. The summed E-state index contributed by atoms with van der Waals surface area (Å²) >= 11 is 12.1. The molecule has 1 N–H and O–H groups in total. The Morgan fingerprint density at radius 3 is 2.43 bits per heavy atom. The van der Waals surface area contributed by atoms with Crippen molar-refractivity contribution in [2.75, 3.05) is 5.32 Å². The highest BCUT2D eigenvalue weighted by Crippen LogP contribution is 2.26. The number of aryl methyl sites for hydroxylation is 2. The van der Waals surface area contributed by atoms with Crippen LogP contribution in [-0.2, 0) is 0 Å². The molecule has 0 radical (unpaired) electrons. The number of imidazole rings is 1. The fourth-order valence-electron chi connectivity index (χ4n) is 2.30. The Bertz CT molecular complexity index is 869. The topological polar surface area (TPSA) is 46.4 Å². The van der Waals surface area contributed by atoms with Gasteiger partial charge >= 0.3 is 0 Å². The molecule has 4 nitrogen and oxygen atoms in total. The van der Waals surface area contributed by atoms with E-state index in [-0.39, 0.29) is 23.9 Å². The predicted molar refractivity (Wildman–Crippen MR) is 96.3 cm³/mol. The molecule has 2 aromatic heterocycles. The third-order valence-electron chi connectivity index (χ3n) is 3.56. The summed E-state index contributed by atoms with van der Waals surface area (Å²) in [6, 6.07) is 8.61. The number of anilines is 1. The molecule has 7 heteroatoms. The fourth-order valence-corrected chi connectivity index (χ4v) is 2.87. The molecule has 0 saturated carbocycles. The lowest BCUT2D eigenvalue weighted by molar-refractivity contribution is 0.102. The summed E-state index contributed by atoms with van der Waals surface area (Å²) in [7, 11) is 0. The minimum Gasteiger partial charge on any atom is -0.319 e. The van der Waals surface area contributed by atoms with E-state index in [9.17, 15) is 4.79 Å². The smallest absolute Gasteiger partial charge is 0.258 e. The van der Waals surface area contributed by atoms with E-state index in [0.29, 0.717) is 21.4 Å². The fraction of sp³-hybridized carbons (Fsp3) is 0.125. The van der Waals surface area contributed by atoms with Gasteiger partial charge in [-0.05, 0) is 38.1 Å². The first-order valence-corrected chi connectivity index (χ1v) is 7.44. The minimum absolute atomic E-state index is 0. The Hall–Kier alpha value is -1.75. The maximum Gasteiger partial charge on any atom is 0.258 e. The molecule has 23 heavy (non-hydrogen) atoms. The molecule has 3 aromatic rings. The van der Waals surface area contributed by atoms with Crippen molar-refractivity contribution in [3.8, 4) is 0 Å². The highest BCUT2D eigenvalue weighted by Gasteiger charge is 2.17. The third kappa shape index (κ3) is 3.15. The summed E-state index contributed by atoms with van der Waals surface area (Å²) in [5.41, 5.74) is 3.50. The number of carbonyl (C=O) groups is 1. The Labute approximate surface area is 149 Å². The largest absolute Gasteiger partial charge is 0.319 e. The van der Waals surface area contributed by atoms with E-state index in [1.165, 1.54) is 0 Å². The van der Waals surface area contributed by atoms with Crippen molar-refractivity contribution in [1.82, 2.24) is 9.38 Å². The number of aromatic nitrogens is 2. The van der Waals surface area contributed by atoms with Crippen LogP contribution in [0.3, 0.4) is 0 Å². The Kier molecular flexibility index (Phi) is 5.19. The second-order valence-electron chi connectivity index (χ2n) is 4.95. The number of nitrogens with one attached hydrogen (secondary N) is 1. The number of nitrogens with zero attached hydrogens (tertiary/aromatic N) is 2. The van der Waals surface area contributed by atoms with Crippen LogP contribution in [0.2, 0.25) is 10.0 Å². The Morgan fingerprint density at radius 1 is 1.13 bits per heavy atom. The lowest BCUT2D eigenvalue weighted by atomic mass is 10.2. The van der Waals surface area contributed by atoms with Crippen LogP contribution in [0.5, 0.6) is 0 Å². The van der Waals surface area contributed by atoms with Crippen LogP contribution in [0.4, 0.5) is 5.69 Å². The van der Waals surface area contributed by atoms with Crippen LogP contribution in [-0.4, -0.2) is 15.3 Å². The zero-order valence-corrected chi connectivity index (χ0v) is 14.8. The van der Waals surface area contributed by atoms with Gasteiger partial charge in [-0.2, -0.15) is 0 Å². The molecule has 0 aliphatic carbocycles. The van der Waals surface area contributed by atoms with Crippen molar-refractivity contribution < 1.29 is 4.79 Å². The van der Waals surface area contributed by atoms with E-state index in [1.807, 2.05) is 30.5 Å². The van der Waals surface area contributed by atoms with Gasteiger partial charge in [-0.1, -0.05) is 29.3 Å². The van der Waals surface area contributed by atoms with E-state index in [2.05, 4.69) is 10.3 Å². The maximum atomic E-state index is 12.5. The van der Waals surface area contributed by atoms with Crippen molar-refractivity contribution in [3.05, 3.63) is 63.5 Å². The molecule has 2 heterocycles. The quantitative estimate of drug-likeness (QED) is 0.695. The van der Waals surface area contributed by atoms with Gasteiger partial charge in [0, 0.05) is 11.9 Å². The van der Waals surface area contributed by atoms with Gasteiger partial charge in [0.1, 0.15) is 0 Å². The average molecular weight is 371 g/mol. The highest BCUT2D eigenvalue weighted by atomic mass is 35.5. The van der Waals surface area contributed by atoms with Crippen LogP contribution >= 0.6 is 35.6 Å². The van der Waals surface area contributed by atoms with E-state index in [1.54, 1.807) is 24.3 Å². The molecule has 3 rings (SSSR count). The van der Waals surface area contributed by atoms with Crippen LogP contribution in [0.25, 0.3) is 5.65 Å². The van der Waals surface area contributed by atoms with Crippen LogP contribution in [0, 0.1) is 13.8 Å². The zero-order valence-electron chi connectivity index (χ0n) is 12.4. The van der Waals surface area contributed by atoms with Crippen molar-refractivity contribution in [3.63, 3.8) is 0 Å². The number of fused-ring (bicyclic) bond motifs is 1. The van der Waals surface area contributed by atoms with Crippen molar-refractivity contribution >= 4 is 52.9 Å². The van der Waals surface area contributed by atoms with Gasteiger partial charge in [0.15, 0.2) is 5.65 Å². The summed E-state index contributed by atoms with van der Waals surface area (Å²) in [6.07, 6.45) is 1.91. The standard InChI is InChI=1S/C16H13Cl2N3O.ClH/c1-9-10(2)21-8-4-7-13(15(21)19-9)20-16(22)14-11(17)5-3-6-12(14)18;/h3-8H,1-2H3,(H,20,22);1H. The molecule has 0 aliphatic heterocycles. The molecule has 120 valence electrons. The zero-order chi connectivity index (χ0) is 15.9. The summed E-state index contributed by atoms with van der Waals surface area (Å²) < 4.78 is 1.93. The van der Waals surface area contributed by atoms with Gasteiger partial charge in [-0.3, -0.25) is 4.79 Å². The molecule has 0 aliphatic rings. The average Bonchev–Trinajstić information content (AvgIpc) is 2.76. The lowest BCUT2D eigenvalue weighted by Gasteiger charge is -2.09. The molecule has 0 saturated heterocycles. The Morgan fingerprint density at radius 2 is 1.78 bits per heavy atom. The molecule has 0 unspecified atom stereocenters. The second-order valence-corrected chi connectivity index (χ2v) is 5.76. The molecule has 0 atom stereocenters. The first kappa shape index (κ1) is 17.6. The lowest BCUT2D eigenvalue weighted by Crippen LogP contribution is -2.14. The molecular formula is C16H14Cl3N3O. The van der Waals surface area contributed by atoms with E-state index in [0.717, 1.165) is 11.4 Å². The highest BCUT2D eigenvalue weighted by molar-refractivity contribution is 6.40. The summed E-state index contributed by atoms with van der Waals surface area (Å²) in [5.74, 6) is -0.359. The number of carbonyl (C=O) groups excluding carboxylic acids is 1. The molecular weight excluding hydrogens is 357 g/mol. The molecule has 1 aromatic carbocycles. The number of hydrogen-bond donors (Lipinski definition) is 1. The van der Waals surface area contributed by atoms with Gasteiger partial charge in [0.05, 0.1) is 27.0 Å². The van der Waals surface area contributed by atoms with Crippen molar-refractivity contribution in [2.45, 2.75) is 13.8 Å². The van der Waals surface area contributed by atoms with E-state index < -0.39 is 0 Å². The normalized spacial score (nSPS) is 10.4. The monoisotopic (exact) mass is 369 g/mol. The number of rotatable bonds is 2. The van der Waals surface area contributed by atoms with E-state index in [4.69, 9.17) is 23.2 Å². The van der Waals surface area contributed by atoms with Gasteiger partial charge in [0.25, 0.3) is 5.91 Å². The number of pyridine rings is 1. The Balaban J connectivity index is 0.00000192. The van der Waals surface area contributed by atoms with Gasteiger partial charge in [-0.25, -0.2) is 4.98 Å². The summed E-state index contributed by atoms with van der Waals surface area (Å²) in [4.78, 5) is 17.0. The SMILES string of the molecule is Cc1nc2c(NC(=O)c3c(Cl)cccc3Cl)cccn2c1C.Cl. The number of amides is 1. The second kappa shape index (κ2) is 6.79. The summed E-state index contributed by atoms with van der Waals surface area (Å²) in [5, 5.41) is 3.46. The molecule has 0 spiro atoms. The van der Waals surface area contributed by atoms with Crippen LogP contribution < -0.4 is 5.32 Å². The molecule has 0 fully saturated rings.